The second-order valence-corrected chi connectivity index (χ2v) is 6.38. The number of rotatable bonds is 5. The molecule has 2 heterocycles. The Balaban J connectivity index is 0.000000273. The molecule has 2 amide bonds. The fourth-order valence-electron chi connectivity index (χ4n) is 2.71. The Bertz CT molecular complexity index is 400. The van der Waals surface area contributed by atoms with Crippen LogP contribution in [0.1, 0.15) is 20.3 Å². The maximum Gasteiger partial charge on any atom is 0.409 e. The molecule has 0 spiro atoms. The number of hydrogen-bond acceptors (Lipinski definition) is 6. The number of nitrogens with zero attached hydrogens (tertiary/aromatic N) is 3. The fourth-order valence-corrected chi connectivity index (χ4v) is 2.83. The molecule has 1 N–H and O–H groups in total. The Hall–Kier alpha value is -1.25. The van der Waals surface area contributed by atoms with Crippen molar-refractivity contribution < 1.29 is 19.1 Å². The van der Waals surface area contributed by atoms with Crippen molar-refractivity contribution in [2.75, 3.05) is 78.0 Å². The zero-order chi connectivity index (χ0) is 19.2. The fraction of sp³-hybridized carbons (Fsp3) is 0.882. The summed E-state index contributed by atoms with van der Waals surface area (Å²) in [5.74, 6) is 0.706. The second-order valence-electron chi connectivity index (χ2n) is 6.01. The molecule has 2 fully saturated rings. The average Bonchev–Trinajstić information content (AvgIpc) is 2.68. The van der Waals surface area contributed by atoms with Crippen molar-refractivity contribution in [3.63, 3.8) is 0 Å². The molecule has 0 bridgehead atoms. The topological polar surface area (TPSA) is 74.4 Å². The van der Waals surface area contributed by atoms with Gasteiger partial charge < -0.3 is 24.6 Å². The highest BCUT2D eigenvalue weighted by Gasteiger charge is 2.21. The van der Waals surface area contributed by atoms with Crippen LogP contribution in [0.3, 0.4) is 0 Å². The number of amides is 2. The zero-order valence-corrected chi connectivity index (χ0v) is 16.8. The van der Waals surface area contributed by atoms with Gasteiger partial charge in [-0.25, -0.2) is 9.59 Å². The highest BCUT2D eigenvalue weighted by molar-refractivity contribution is 6.17. The van der Waals surface area contributed by atoms with E-state index in [4.69, 9.17) is 21.1 Å². The minimum atomic E-state index is -0.186. The molecule has 0 saturated carbocycles. The Morgan fingerprint density at radius 2 is 1.38 bits per heavy atom. The number of piperazine rings is 2. The Morgan fingerprint density at radius 3 is 1.85 bits per heavy atom. The first-order chi connectivity index (χ1) is 12.6. The SMILES string of the molecule is CCOC(=O)N1CCN(CCCCl)CC1.CCOC(=O)N1CCNCC1. The normalized spacial score (nSPS) is 18.0. The van der Waals surface area contributed by atoms with E-state index in [9.17, 15) is 9.59 Å². The van der Waals surface area contributed by atoms with Gasteiger partial charge in [0.2, 0.25) is 0 Å². The third kappa shape index (κ3) is 8.91. The molecule has 152 valence electrons. The minimum absolute atomic E-state index is 0.186. The van der Waals surface area contributed by atoms with Crippen LogP contribution in [0.25, 0.3) is 0 Å². The summed E-state index contributed by atoms with van der Waals surface area (Å²) in [6.07, 6.45) is 0.643. The van der Waals surface area contributed by atoms with Crippen LogP contribution in [-0.2, 0) is 9.47 Å². The van der Waals surface area contributed by atoms with Gasteiger partial charge in [0.25, 0.3) is 0 Å². The predicted molar refractivity (Wildman–Crippen MR) is 102 cm³/mol. The van der Waals surface area contributed by atoms with E-state index < -0.39 is 0 Å². The van der Waals surface area contributed by atoms with E-state index in [-0.39, 0.29) is 12.2 Å². The van der Waals surface area contributed by atoms with Crippen molar-refractivity contribution in [2.45, 2.75) is 20.3 Å². The summed E-state index contributed by atoms with van der Waals surface area (Å²) in [7, 11) is 0. The Labute approximate surface area is 161 Å². The largest absolute Gasteiger partial charge is 0.450 e. The maximum atomic E-state index is 11.4. The van der Waals surface area contributed by atoms with Crippen molar-refractivity contribution in [3.05, 3.63) is 0 Å². The van der Waals surface area contributed by atoms with Crippen LogP contribution >= 0.6 is 11.6 Å². The molecule has 0 aromatic heterocycles. The standard InChI is InChI=1S/C10H19ClN2O2.C7H14N2O2/c1-2-15-10(14)13-8-6-12(7-9-13)5-3-4-11;1-2-11-7(10)9-5-3-8-4-6-9/h2-9H2,1H3;8H,2-6H2,1H3. The number of alkyl halides is 1. The molecule has 0 aromatic carbocycles. The van der Waals surface area contributed by atoms with Crippen LogP contribution in [0.4, 0.5) is 9.59 Å². The quantitative estimate of drug-likeness (QED) is 0.713. The van der Waals surface area contributed by atoms with Crippen LogP contribution in [0, 0.1) is 0 Å². The lowest BCUT2D eigenvalue weighted by atomic mass is 10.3. The van der Waals surface area contributed by atoms with Crippen molar-refractivity contribution in [1.29, 1.82) is 0 Å². The van der Waals surface area contributed by atoms with Crippen molar-refractivity contribution in [2.24, 2.45) is 0 Å². The molecule has 2 aliphatic rings. The number of hydrogen-bond donors (Lipinski definition) is 1. The lowest BCUT2D eigenvalue weighted by Crippen LogP contribution is -2.49. The summed E-state index contributed by atoms with van der Waals surface area (Å²) in [5.41, 5.74) is 0. The van der Waals surface area contributed by atoms with Gasteiger partial charge in [-0.15, -0.1) is 11.6 Å². The molecule has 0 radical (unpaired) electrons. The number of halogens is 1. The van der Waals surface area contributed by atoms with Gasteiger partial charge >= 0.3 is 12.2 Å². The smallest absolute Gasteiger partial charge is 0.409 e. The number of carbonyl (C=O) groups excluding carboxylic acids is 2. The molecule has 9 heteroatoms. The van der Waals surface area contributed by atoms with Crippen LogP contribution in [0.2, 0.25) is 0 Å². The van der Waals surface area contributed by atoms with E-state index in [1.54, 1.807) is 9.80 Å². The Kier molecular flexibility index (Phi) is 12.2. The lowest BCUT2D eigenvalue weighted by Gasteiger charge is -2.33. The van der Waals surface area contributed by atoms with Gasteiger partial charge in [-0.2, -0.15) is 0 Å². The average molecular weight is 393 g/mol. The molecule has 0 atom stereocenters. The molecule has 0 aromatic rings. The van der Waals surface area contributed by atoms with Crippen molar-refractivity contribution >= 4 is 23.8 Å². The molecule has 0 aliphatic carbocycles. The lowest BCUT2D eigenvalue weighted by molar-refractivity contribution is 0.0797. The summed E-state index contributed by atoms with van der Waals surface area (Å²) < 4.78 is 9.79. The molecule has 2 rings (SSSR count). The molecule has 2 aliphatic heterocycles. The van der Waals surface area contributed by atoms with Crippen LogP contribution in [0.15, 0.2) is 0 Å². The third-order valence-electron chi connectivity index (χ3n) is 4.15. The van der Waals surface area contributed by atoms with Crippen LogP contribution in [-0.4, -0.2) is 105 Å². The molecule has 0 unspecified atom stereocenters. The molecular formula is C17H33ClN4O4. The van der Waals surface area contributed by atoms with Gasteiger partial charge in [-0.1, -0.05) is 0 Å². The van der Waals surface area contributed by atoms with Crippen molar-refractivity contribution in [1.82, 2.24) is 20.0 Å². The number of ether oxygens (including phenoxy) is 2. The highest BCUT2D eigenvalue weighted by atomic mass is 35.5. The first kappa shape index (κ1) is 22.8. The van der Waals surface area contributed by atoms with Gasteiger partial charge in [-0.05, 0) is 26.8 Å². The predicted octanol–water partition coefficient (Wildman–Crippen LogP) is 1.44. The summed E-state index contributed by atoms with van der Waals surface area (Å²) in [5, 5.41) is 3.16. The third-order valence-corrected chi connectivity index (χ3v) is 4.42. The van der Waals surface area contributed by atoms with Crippen molar-refractivity contribution in [3.8, 4) is 0 Å². The molecule has 8 nitrogen and oxygen atoms in total. The first-order valence-corrected chi connectivity index (χ1v) is 9.98. The highest BCUT2D eigenvalue weighted by Crippen LogP contribution is 2.04. The van der Waals surface area contributed by atoms with Gasteiger partial charge in [0.1, 0.15) is 0 Å². The Morgan fingerprint density at radius 1 is 0.885 bits per heavy atom. The number of carbonyl (C=O) groups is 2. The number of nitrogens with one attached hydrogen (secondary N) is 1. The zero-order valence-electron chi connectivity index (χ0n) is 16.0. The van der Waals surface area contributed by atoms with E-state index in [2.05, 4.69) is 10.2 Å². The van der Waals surface area contributed by atoms with E-state index >= 15 is 0 Å². The van der Waals surface area contributed by atoms with E-state index in [1.165, 1.54) is 0 Å². The maximum absolute atomic E-state index is 11.4. The second kappa shape index (κ2) is 13.9. The summed E-state index contributed by atoms with van der Waals surface area (Å²) in [4.78, 5) is 28.3. The first-order valence-electron chi connectivity index (χ1n) is 9.44. The summed E-state index contributed by atoms with van der Waals surface area (Å²) >= 11 is 5.63. The van der Waals surface area contributed by atoms with Gasteiger partial charge in [0.15, 0.2) is 0 Å². The van der Waals surface area contributed by atoms with Gasteiger partial charge in [-0.3, -0.25) is 4.90 Å². The molecule has 2 saturated heterocycles. The summed E-state index contributed by atoms with van der Waals surface area (Å²) in [6.45, 7) is 12.2. The van der Waals surface area contributed by atoms with Crippen LogP contribution in [0.5, 0.6) is 0 Å². The molecule has 26 heavy (non-hydrogen) atoms. The van der Waals surface area contributed by atoms with E-state index in [1.807, 2.05) is 13.8 Å². The van der Waals surface area contributed by atoms with Crippen LogP contribution < -0.4 is 5.32 Å². The summed E-state index contributed by atoms with van der Waals surface area (Å²) in [6, 6.07) is 0. The van der Waals surface area contributed by atoms with Gasteiger partial charge in [0.05, 0.1) is 13.2 Å². The van der Waals surface area contributed by atoms with E-state index in [0.29, 0.717) is 19.1 Å². The van der Waals surface area contributed by atoms with Gasteiger partial charge in [0, 0.05) is 58.2 Å². The molecular weight excluding hydrogens is 360 g/mol. The monoisotopic (exact) mass is 392 g/mol. The minimum Gasteiger partial charge on any atom is -0.450 e. The van der Waals surface area contributed by atoms with E-state index in [0.717, 1.165) is 65.3 Å².